The van der Waals surface area contributed by atoms with Gasteiger partial charge in [-0.25, -0.2) is 4.98 Å². The van der Waals surface area contributed by atoms with Crippen molar-refractivity contribution in [2.24, 2.45) is 5.92 Å². The van der Waals surface area contributed by atoms with Crippen molar-refractivity contribution >= 4 is 28.0 Å². The summed E-state index contributed by atoms with van der Waals surface area (Å²) in [6.45, 7) is 5.56. The Morgan fingerprint density at radius 3 is 2.89 bits per heavy atom. The Morgan fingerprint density at radius 1 is 1.22 bits per heavy atom. The van der Waals surface area contributed by atoms with Crippen LogP contribution in [-0.4, -0.2) is 30.6 Å². The Labute approximate surface area is 156 Å². The number of carbonyl (C=O) groups is 1. The predicted octanol–water partition coefficient (Wildman–Crippen LogP) is 2.96. The highest BCUT2D eigenvalue weighted by atomic mass is 16.1. The van der Waals surface area contributed by atoms with Crippen molar-refractivity contribution in [2.75, 3.05) is 0 Å². The van der Waals surface area contributed by atoms with E-state index in [1.54, 1.807) is 24.8 Å². The van der Waals surface area contributed by atoms with Gasteiger partial charge in [0.15, 0.2) is 0 Å². The molecule has 0 fully saturated rings. The molecule has 0 atom stereocenters. The predicted molar refractivity (Wildman–Crippen MR) is 103 cm³/mol. The lowest BCUT2D eigenvalue weighted by Crippen LogP contribution is -2.22. The van der Waals surface area contributed by atoms with Crippen LogP contribution in [0.1, 0.15) is 29.8 Å². The third-order valence-corrected chi connectivity index (χ3v) is 4.32. The summed E-state index contributed by atoms with van der Waals surface area (Å²) in [6, 6.07) is 9.24. The molecular formula is C20H20N6O. The first-order valence-electron chi connectivity index (χ1n) is 8.90. The molecule has 4 aromatic rings. The summed E-state index contributed by atoms with van der Waals surface area (Å²) < 4.78 is 2.08. The van der Waals surface area contributed by atoms with Gasteiger partial charge in [0.1, 0.15) is 0 Å². The van der Waals surface area contributed by atoms with Gasteiger partial charge in [0.05, 0.1) is 17.4 Å². The molecule has 3 heterocycles. The number of hydrogen-bond acceptors (Lipinski definition) is 5. The molecule has 1 aromatic carbocycles. The number of aromatic nitrogens is 5. The van der Waals surface area contributed by atoms with Gasteiger partial charge in [-0.3, -0.25) is 9.78 Å². The maximum absolute atomic E-state index is 12.6. The van der Waals surface area contributed by atoms with Crippen LogP contribution in [0.2, 0.25) is 0 Å². The number of benzene rings is 1. The van der Waals surface area contributed by atoms with Crippen LogP contribution >= 0.6 is 0 Å². The van der Waals surface area contributed by atoms with Crippen molar-refractivity contribution < 1.29 is 4.79 Å². The molecule has 0 unspecified atom stereocenters. The zero-order valence-corrected chi connectivity index (χ0v) is 15.3. The van der Waals surface area contributed by atoms with E-state index >= 15 is 0 Å². The number of rotatable bonds is 5. The summed E-state index contributed by atoms with van der Waals surface area (Å²) in [5, 5.41) is 12.2. The van der Waals surface area contributed by atoms with Crippen molar-refractivity contribution in [1.29, 1.82) is 0 Å². The van der Waals surface area contributed by atoms with Gasteiger partial charge < -0.3 is 9.88 Å². The van der Waals surface area contributed by atoms with Crippen LogP contribution in [0.4, 0.5) is 0 Å². The lowest BCUT2D eigenvalue weighted by atomic mass is 10.1. The fourth-order valence-electron chi connectivity index (χ4n) is 3.09. The van der Waals surface area contributed by atoms with Crippen molar-refractivity contribution in [3.63, 3.8) is 0 Å². The largest absolute Gasteiger partial charge is 0.348 e. The average molecular weight is 360 g/mol. The minimum Gasteiger partial charge on any atom is -0.348 e. The molecular weight excluding hydrogens is 340 g/mol. The molecule has 1 N–H and O–H groups in total. The van der Waals surface area contributed by atoms with Gasteiger partial charge in [-0.15, -0.1) is 10.2 Å². The van der Waals surface area contributed by atoms with E-state index < -0.39 is 0 Å². The van der Waals surface area contributed by atoms with Crippen molar-refractivity contribution in [3.8, 4) is 0 Å². The minimum absolute atomic E-state index is 0.138. The second kappa shape index (κ2) is 7.11. The second-order valence-corrected chi connectivity index (χ2v) is 6.94. The van der Waals surface area contributed by atoms with Crippen LogP contribution in [0.15, 0.2) is 49.1 Å². The van der Waals surface area contributed by atoms with Gasteiger partial charge in [0, 0.05) is 36.4 Å². The summed E-state index contributed by atoms with van der Waals surface area (Å²) in [7, 11) is 0. The van der Waals surface area contributed by atoms with E-state index in [1.165, 1.54) is 0 Å². The standard InChI is InChI=1S/C20H20N6O/c1-13(2)11-26-12-23-19-18(26)16-8-15(5-6-17(16)24-25-19)20(27)22-10-14-4-3-7-21-9-14/h3-9,12-13H,10-11H2,1-2H3,(H,22,27). The number of nitrogens with one attached hydrogen (secondary N) is 1. The summed E-state index contributed by atoms with van der Waals surface area (Å²) in [5.74, 6) is 0.331. The molecule has 3 aromatic heterocycles. The SMILES string of the molecule is CC(C)Cn1cnc2nnc3ccc(C(=O)NCc4cccnc4)cc3c21. The van der Waals surface area contributed by atoms with Gasteiger partial charge in [-0.2, -0.15) is 0 Å². The molecule has 0 saturated carbocycles. The average Bonchev–Trinajstić information content (AvgIpc) is 3.09. The highest BCUT2D eigenvalue weighted by molar-refractivity contribution is 6.05. The van der Waals surface area contributed by atoms with Gasteiger partial charge in [0.2, 0.25) is 5.65 Å². The summed E-state index contributed by atoms with van der Waals surface area (Å²) in [6.07, 6.45) is 5.24. The summed E-state index contributed by atoms with van der Waals surface area (Å²) in [5.41, 5.74) is 3.79. The van der Waals surface area contributed by atoms with Gasteiger partial charge in [-0.1, -0.05) is 19.9 Å². The number of pyridine rings is 1. The second-order valence-electron chi connectivity index (χ2n) is 6.94. The molecule has 7 nitrogen and oxygen atoms in total. The third-order valence-electron chi connectivity index (χ3n) is 4.32. The fourth-order valence-corrected chi connectivity index (χ4v) is 3.09. The van der Waals surface area contributed by atoms with Crippen LogP contribution in [0.3, 0.4) is 0 Å². The van der Waals surface area contributed by atoms with Gasteiger partial charge in [-0.05, 0) is 35.7 Å². The number of amides is 1. The molecule has 0 radical (unpaired) electrons. The molecule has 7 heteroatoms. The molecule has 0 bridgehead atoms. The Balaban J connectivity index is 1.68. The molecule has 4 rings (SSSR count). The minimum atomic E-state index is -0.138. The molecule has 27 heavy (non-hydrogen) atoms. The normalized spacial score (nSPS) is 11.4. The monoisotopic (exact) mass is 360 g/mol. The molecule has 136 valence electrons. The van der Waals surface area contributed by atoms with E-state index in [9.17, 15) is 4.79 Å². The first kappa shape index (κ1) is 17.1. The van der Waals surface area contributed by atoms with Crippen molar-refractivity contribution in [3.05, 3.63) is 60.2 Å². The third kappa shape index (κ3) is 3.48. The molecule has 0 aliphatic rings. The van der Waals surface area contributed by atoms with Crippen LogP contribution in [0, 0.1) is 5.92 Å². The van der Waals surface area contributed by atoms with E-state index in [4.69, 9.17) is 0 Å². The highest BCUT2D eigenvalue weighted by Crippen LogP contribution is 2.23. The lowest BCUT2D eigenvalue weighted by molar-refractivity contribution is 0.0951. The van der Waals surface area contributed by atoms with Gasteiger partial charge >= 0.3 is 0 Å². The first-order chi connectivity index (χ1) is 13.1. The van der Waals surface area contributed by atoms with Crippen LogP contribution in [0.25, 0.3) is 22.1 Å². The van der Waals surface area contributed by atoms with Crippen LogP contribution in [-0.2, 0) is 13.1 Å². The van der Waals surface area contributed by atoms with E-state index in [2.05, 4.69) is 43.9 Å². The van der Waals surface area contributed by atoms with Crippen molar-refractivity contribution in [1.82, 2.24) is 30.0 Å². The van der Waals surface area contributed by atoms with Crippen LogP contribution in [0.5, 0.6) is 0 Å². The first-order valence-corrected chi connectivity index (χ1v) is 8.90. The Bertz CT molecular complexity index is 1100. The zero-order chi connectivity index (χ0) is 18.8. The molecule has 0 aliphatic carbocycles. The highest BCUT2D eigenvalue weighted by Gasteiger charge is 2.13. The van der Waals surface area contributed by atoms with Crippen molar-refractivity contribution in [2.45, 2.75) is 26.9 Å². The summed E-state index contributed by atoms with van der Waals surface area (Å²) >= 11 is 0. The topological polar surface area (TPSA) is 85.6 Å². The van der Waals surface area contributed by atoms with E-state index in [1.807, 2.05) is 24.3 Å². The van der Waals surface area contributed by atoms with Gasteiger partial charge in [0.25, 0.3) is 5.91 Å². The maximum Gasteiger partial charge on any atom is 0.251 e. The smallest absolute Gasteiger partial charge is 0.251 e. The fraction of sp³-hybridized carbons (Fsp3) is 0.250. The van der Waals surface area contributed by atoms with Crippen LogP contribution < -0.4 is 5.32 Å². The number of carbonyl (C=O) groups excluding carboxylic acids is 1. The van der Waals surface area contributed by atoms with E-state index in [-0.39, 0.29) is 5.91 Å². The Hall–Kier alpha value is -3.35. The van der Waals surface area contributed by atoms with E-state index in [0.717, 1.165) is 28.5 Å². The Kier molecular flexibility index (Phi) is 4.50. The Morgan fingerprint density at radius 2 is 2.11 bits per heavy atom. The quantitative estimate of drug-likeness (QED) is 0.591. The maximum atomic E-state index is 12.6. The molecule has 0 saturated heterocycles. The summed E-state index contributed by atoms with van der Waals surface area (Å²) in [4.78, 5) is 21.0. The number of nitrogens with zero attached hydrogens (tertiary/aromatic N) is 5. The number of imidazole rings is 1. The lowest BCUT2D eigenvalue weighted by Gasteiger charge is -2.10. The van der Waals surface area contributed by atoms with E-state index in [0.29, 0.717) is 23.7 Å². The molecule has 1 amide bonds. The zero-order valence-electron chi connectivity index (χ0n) is 15.3. The number of hydrogen-bond donors (Lipinski definition) is 1. The molecule has 0 aliphatic heterocycles. The number of fused-ring (bicyclic) bond motifs is 3. The molecule has 0 spiro atoms.